The van der Waals surface area contributed by atoms with E-state index in [1.54, 1.807) is 0 Å². The molecule has 1 aliphatic carbocycles. The second-order valence-corrected chi connectivity index (χ2v) is 7.47. The minimum absolute atomic E-state index is 0.123. The average molecular weight is 296 g/mol. The summed E-state index contributed by atoms with van der Waals surface area (Å²) < 4.78 is 0. The van der Waals surface area contributed by atoms with Gasteiger partial charge in [-0.1, -0.05) is 39.0 Å². The van der Waals surface area contributed by atoms with E-state index in [1.165, 1.54) is 11.3 Å². The number of aromatic nitrogens is 1. The molecule has 0 aliphatic heterocycles. The summed E-state index contributed by atoms with van der Waals surface area (Å²) in [5, 5.41) is 6.76. The van der Waals surface area contributed by atoms with Gasteiger partial charge in [0.25, 0.3) is 5.91 Å². The number of nitrogen functional groups attached to an aromatic ring is 1. The van der Waals surface area contributed by atoms with Gasteiger partial charge in [-0.25, -0.2) is 4.98 Å². The summed E-state index contributed by atoms with van der Waals surface area (Å²) in [6.07, 6.45) is 0. The van der Waals surface area contributed by atoms with Gasteiger partial charge in [-0.15, -0.1) is 0 Å². The maximum Gasteiger partial charge on any atom is 0.265 e. The Kier molecular flexibility index (Phi) is 3.71. The van der Waals surface area contributed by atoms with Gasteiger partial charge in [-0.2, -0.15) is 0 Å². The van der Waals surface area contributed by atoms with Gasteiger partial charge in [-0.05, 0) is 23.7 Å². The molecule has 5 nitrogen and oxygen atoms in total. The smallest absolute Gasteiger partial charge is 0.265 e. The maximum atomic E-state index is 12.2. The molecule has 6 heteroatoms. The lowest BCUT2D eigenvalue weighted by atomic mass is 10.0. The summed E-state index contributed by atoms with van der Waals surface area (Å²) in [6.45, 7) is 12.4. The van der Waals surface area contributed by atoms with Gasteiger partial charge in [0, 0.05) is 13.1 Å². The quantitative estimate of drug-likeness (QED) is 0.780. The van der Waals surface area contributed by atoms with Crippen molar-refractivity contribution in [3.05, 3.63) is 4.88 Å². The highest BCUT2D eigenvalue weighted by Crippen LogP contribution is 2.67. The molecule has 0 unspecified atom stereocenters. The van der Waals surface area contributed by atoms with Crippen LogP contribution >= 0.6 is 11.3 Å². The highest BCUT2D eigenvalue weighted by molar-refractivity contribution is 7.18. The fourth-order valence-electron chi connectivity index (χ4n) is 2.84. The van der Waals surface area contributed by atoms with Crippen LogP contribution in [0.15, 0.2) is 0 Å². The summed E-state index contributed by atoms with van der Waals surface area (Å²) in [5.41, 5.74) is 6.34. The number of carbonyl (C=O) groups is 1. The Hall–Kier alpha value is -1.30. The van der Waals surface area contributed by atoms with E-state index in [0.29, 0.717) is 28.3 Å². The van der Waals surface area contributed by atoms with Crippen molar-refractivity contribution in [2.75, 3.05) is 24.1 Å². The number of anilines is 2. The number of carbonyl (C=O) groups excluding carboxylic acids is 1. The summed E-state index contributed by atoms with van der Waals surface area (Å²) in [6, 6.07) is 0. The van der Waals surface area contributed by atoms with Crippen molar-refractivity contribution < 1.29 is 4.79 Å². The third kappa shape index (κ3) is 2.37. The van der Waals surface area contributed by atoms with Crippen molar-refractivity contribution in [2.24, 2.45) is 16.7 Å². The van der Waals surface area contributed by atoms with Crippen LogP contribution in [0.25, 0.3) is 0 Å². The molecule has 112 valence electrons. The first-order chi connectivity index (χ1) is 9.21. The minimum Gasteiger partial charge on any atom is -0.382 e. The van der Waals surface area contributed by atoms with E-state index in [4.69, 9.17) is 5.73 Å². The number of amides is 1. The lowest BCUT2D eigenvalue weighted by Crippen LogP contribution is -2.27. The van der Waals surface area contributed by atoms with Crippen LogP contribution in [0.1, 0.15) is 44.3 Å². The normalized spacial score (nSPS) is 19.6. The molecule has 0 radical (unpaired) electrons. The highest BCUT2D eigenvalue weighted by Gasteiger charge is 2.64. The molecule has 1 heterocycles. The number of thiazole rings is 1. The van der Waals surface area contributed by atoms with Crippen LogP contribution in [-0.2, 0) is 0 Å². The molecule has 1 aromatic rings. The third-order valence-corrected chi connectivity index (χ3v) is 6.00. The lowest BCUT2D eigenvalue weighted by Gasteiger charge is -2.05. The first kappa shape index (κ1) is 15.1. The van der Waals surface area contributed by atoms with Crippen molar-refractivity contribution in [1.29, 1.82) is 0 Å². The van der Waals surface area contributed by atoms with Crippen LogP contribution in [0.5, 0.6) is 0 Å². The zero-order valence-corrected chi connectivity index (χ0v) is 13.6. The summed E-state index contributed by atoms with van der Waals surface area (Å²) in [4.78, 5) is 16.8. The molecule has 1 aromatic heterocycles. The van der Waals surface area contributed by atoms with E-state index in [9.17, 15) is 4.79 Å². The SMILES string of the molecule is CCNc1nc(N)c(C(=O)NCC2C(C)(C)C2(C)C)s1. The van der Waals surface area contributed by atoms with Crippen LogP contribution in [0.2, 0.25) is 0 Å². The molecule has 0 aromatic carbocycles. The number of nitrogens with zero attached hydrogens (tertiary/aromatic N) is 1. The van der Waals surface area contributed by atoms with E-state index in [-0.39, 0.29) is 16.7 Å². The summed E-state index contributed by atoms with van der Waals surface area (Å²) in [7, 11) is 0. The Bertz CT molecular complexity index is 507. The van der Waals surface area contributed by atoms with Crippen LogP contribution in [0, 0.1) is 16.7 Å². The zero-order chi connectivity index (χ0) is 15.1. The Balaban J connectivity index is 1.96. The number of hydrogen-bond acceptors (Lipinski definition) is 5. The molecule has 1 fully saturated rings. The fraction of sp³-hybridized carbons (Fsp3) is 0.714. The highest BCUT2D eigenvalue weighted by atomic mass is 32.1. The Labute approximate surface area is 124 Å². The standard InChI is InChI=1S/C14H24N4OS/c1-6-16-12-18-10(15)9(20-12)11(19)17-7-8-13(2,3)14(8,4)5/h8H,6-7,15H2,1-5H3,(H,16,18)(H,17,19). The first-order valence-electron chi connectivity index (χ1n) is 7.00. The molecule has 0 saturated heterocycles. The molecule has 20 heavy (non-hydrogen) atoms. The van der Waals surface area contributed by atoms with Crippen molar-refractivity contribution in [3.63, 3.8) is 0 Å². The predicted octanol–water partition coefficient (Wildman–Crippen LogP) is 2.57. The van der Waals surface area contributed by atoms with Crippen LogP contribution in [0.3, 0.4) is 0 Å². The van der Waals surface area contributed by atoms with E-state index in [1.807, 2.05) is 6.92 Å². The van der Waals surface area contributed by atoms with Crippen molar-refractivity contribution in [1.82, 2.24) is 10.3 Å². The van der Waals surface area contributed by atoms with Gasteiger partial charge in [0.1, 0.15) is 10.7 Å². The van der Waals surface area contributed by atoms with Crippen molar-refractivity contribution in [2.45, 2.75) is 34.6 Å². The molecule has 0 atom stereocenters. The van der Waals surface area contributed by atoms with Crippen LogP contribution in [0.4, 0.5) is 10.9 Å². The van der Waals surface area contributed by atoms with E-state index >= 15 is 0 Å². The van der Waals surface area contributed by atoms with Crippen molar-refractivity contribution >= 4 is 28.2 Å². The number of nitrogens with one attached hydrogen (secondary N) is 2. The second-order valence-electron chi connectivity index (χ2n) is 6.47. The molecule has 1 amide bonds. The van der Waals surface area contributed by atoms with Gasteiger partial charge in [-0.3, -0.25) is 4.79 Å². The molecule has 0 bridgehead atoms. The Morgan fingerprint density at radius 3 is 2.45 bits per heavy atom. The molecule has 0 spiro atoms. The lowest BCUT2D eigenvalue weighted by molar-refractivity contribution is 0.0954. The molecule has 4 N–H and O–H groups in total. The maximum absolute atomic E-state index is 12.2. The fourth-order valence-corrected chi connectivity index (χ4v) is 3.71. The molecule has 1 saturated carbocycles. The van der Waals surface area contributed by atoms with E-state index in [0.717, 1.165) is 6.54 Å². The van der Waals surface area contributed by atoms with Gasteiger partial charge in [0.05, 0.1) is 0 Å². The minimum atomic E-state index is -0.123. The van der Waals surface area contributed by atoms with Crippen LogP contribution in [-0.4, -0.2) is 24.0 Å². The molecular formula is C14H24N4OS. The third-order valence-electron chi connectivity index (χ3n) is 4.97. The topological polar surface area (TPSA) is 80.0 Å². The predicted molar refractivity (Wildman–Crippen MR) is 84.1 cm³/mol. The summed E-state index contributed by atoms with van der Waals surface area (Å²) >= 11 is 1.30. The van der Waals surface area contributed by atoms with Gasteiger partial charge in [0.15, 0.2) is 5.13 Å². The molecule has 2 rings (SSSR count). The van der Waals surface area contributed by atoms with Gasteiger partial charge >= 0.3 is 0 Å². The van der Waals surface area contributed by atoms with Gasteiger partial charge in [0.2, 0.25) is 0 Å². The first-order valence-corrected chi connectivity index (χ1v) is 7.81. The Morgan fingerprint density at radius 2 is 1.95 bits per heavy atom. The zero-order valence-electron chi connectivity index (χ0n) is 12.8. The monoisotopic (exact) mass is 296 g/mol. The molecule has 1 aliphatic rings. The largest absolute Gasteiger partial charge is 0.382 e. The van der Waals surface area contributed by atoms with E-state index in [2.05, 4.69) is 43.3 Å². The second kappa shape index (κ2) is 4.91. The van der Waals surface area contributed by atoms with Gasteiger partial charge < -0.3 is 16.4 Å². The van der Waals surface area contributed by atoms with Crippen molar-refractivity contribution in [3.8, 4) is 0 Å². The van der Waals surface area contributed by atoms with Crippen LogP contribution < -0.4 is 16.4 Å². The summed E-state index contributed by atoms with van der Waals surface area (Å²) in [5.74, 6) is 0.682. The average Bonchev–Trinajstić information content (AvgIpc) is 2.61. The molecular weight excluding hydrogens is 272 g/mol. The Morgan fingerprint density at radius 1 is 1.35 bits per heavy atom. The number of rotatable bonds is 5. The number of nitrogens with two attached hydrogens (primary N) is 1. The van der Waals surface area contributed by atoms with E-state index < -0.39 is 0 Å². The number of hydrogen-bond donors (Lipinski definition) is 3.